The van der Waals surface area contributed by atoms with Gasteiger partial charge in [0.05, 0.1) is 17.6 Å². The predicted molar refractivity (Wildman–Crippen MR) is 134 cm³/mol. The van der Waals surface area contributed by atoms with E-state index in [1.807, 2.05) is 88.4 Å². The van der Waals surface area contributed by atoms with Crippen LogP contribution in [0, 0.1) is 27.7 Å². The molecule has 0 spiro atoms. The molecular weight excluding hydrogens is 426 g/mol. The standard InChI is InChI=1S/C27H25N5O2/c1-16-12-13-22-23(14-16)31(15-20-10-6-5-8-18(20)3)27(34)25-29-24(30-32(22)25)26(33)28-21-11-7-9-17(2)19(21)4/h5-14H,15H2,1-4H3,(H,28,33). The molecule has 34 heavy (non-hydrogen) atoms. The van der Waals surface area contributed by atoms with Crippen LogP contribution in [-0.4, -0.2) is 25.1 Å². The van der Waals surface area contributed by atoms with E-state index >= 15 is 0 Å². The fourth-order valence-corrected chi connectivity index (χ4v) is 4.15. The fourth-order valence-electron chi connectivity index (χ4n) is 4.15. The molecule has 0 saturated carbocycles. The second kappa shape index (κ2) is 8.26. The highest BCUT2D eigenvalue weighted by Gasteiger charge is 2.20. The summed E-state index contributed by atoms with van der Waals surface area (Å²) >= 11 is 0. The number of hydrogen-bond donors (Lipinski definition) is 1. The normalized spacial score (nSPS) is 11.3. The molecule has 1 amide bonds. The number of carbonyl (C=O) groups excluding carboxylic acids is 1. The van der Waals surface area contributed by atoms with Crippen molar-refractivity contribution in [2.45, 2.75) is 34.2 Å². The van der Waals surface area contributed by atoms with Crippen LogP contribution in [0.2, 0.25) is 0 Å². The monoisotopic (exact) mass is 451 g/mol. The molecule has 0 saturated heterocycles. The lowest BCUT2D eigenvalue weighted by atomic mass is 10.1. The number of carbonyl (C=O) groups is 1. The molecule has 7 heteroatoms. The Labute approximate surface area is 196 Å². The quantitative estimate of drug-likeness (QED) is 0.434. The predicted octanol–water partition coefficient (Wildman–Crippen LogP) is 4.58. The molecule has 0 bridgehead atoms. The molecule has 2 heterocycles. The third kappa shape index (κ3) is 3.65. The van der Waals surface area contributed by atoms with Gasteiger partial charge in [0.2, 0.25) is 11.5 Å². The molecule has 0 unspecified atom stereocenters. The van der Waals surface area contributed by atoms with Crippen LogP contribution in [-0.2, 0) is 6.54 Å². The molecule has 0 aliphatic carbocycles. The second-order valence-corrected chi connectivity index (χ2v) is 8.68. The average Bonchev–Trinajstić information content (AvgIpc) is 3.27. The van der Waals surface area contributed by atoms with Gasteiger partial charge < -0.3 is 5.32 Å². The van der Waals surface area contributed by atoms with Crippen LogP contribution in [0.4, 0.5) is 5.69 Å². The van der Waals surface area contributed by atoms with E-state index in [1.165, 1.54) is 4.52 Å². The van der Waals surface area contributed by atoms with Crippen molar-refractivity contribution in [2.24, 2.45) is 0 Å². The van der Waals surface area contributed by atoms with Crippen LogP contribution in [0.3, 0.4) is 0 Å². The van der Waals surface area contributed by atoms with Crippen molar-refractivity contribution in [2.75, 3.05) is 5.32 Å². The number of amides is 1. The minimum atomic E-state index is -0.456. The largest absolute Gasteiger partial charge is 0.319 e. The van der Waals surface area contributed by atoms with Crippen LogP contribution in [0.5, 0.6) is 0 Å². The van der Waals surface area contributed by atoms with Crippen LogP contribution < -0.4 is 10.9 Å². The summed E-state index contributed by atoms with van der Waals surface area (Å²) in [4.78, 5) is 30.9. The van der Waals surface area contributed by atoms with Gasteiger partial charge in [-0.2, -0.15) is 4.98 Å². The molecule has 2 aromatic heterocycles. The van der Waals surface area contributed by atoms with E-state index in [2.05, 4.69) is 15.4 Å². The number of benzene rings is 3. The molecule has 0 fully saturated rings. The maximum absolute atomic E-state index is 13.6. The summed E-state index contributed by atoms with van der Waals surface area (Å²) in [5.41, 5.74) is 7.20. The Balaban J connectivity index is 1.66. The minimum Gasteiger partial charge on any atom is -0.319 e. The molecule has 5 rings (SSSR count). The molecule has 0 atom stereocenters. The summed E-state index contributed by atoms with van der Waals surface area (Å²) in [5.74, 6) is -0.504. The van der Waals surface area contributed by atoms with Crippen molar-refractivity contribution >= 4 is 28.3 Å². The first kappa shape index (κ1) is 21.6. The van der Waals surface area contributed by atoms with E-state index in [1.54, 1.807) is 4.57 Å². The maximum atomic E-state index is 13.6. The van der Waals surface area contributed by atoms with Crippen molar-refractivity contribution in [1.29, 1.82) is 0 Å². The van der Waals surface area contributed by atoms with Gasteiger partial charge >= 0.3 is 0 Å². The fraction of sp³-hybridized carbons (Fsp3) is 0.185. The molecule has 7 nitrogen and oxygen atoms in total. The zero-order valence-corrected chi connectivity index (χ0v) is 19.6. The summed E-state index contributed by atoms with van der Waals surface area (Å²) in [6.07, 6.45) is 0. The Morgan fingerprint density at radius 2 is 1.68 bits per heavy atom. The summed E-state index contributed by atoms with van der Waals surface area (Å²) in [6, 6.07) is 19.5. The number of aryl methyl sites for hydroxylation is 3. The molecule has 1 N–H and O–H groups in total. The Morgan fingerprint density at radius 3 is 2.47 bits per heavy atom. The van der Waals surface area contributed by atoms with E-state index in [4.69, 9.17) is 0 Å². The smallest absolute Gasteiger partial charge is 0.296 e. The van der Waals surface area contributed by atoms with E-state index in [0.29, 0.717) is 17.7 Å². The SMILES string of the molecule is Cc1ccc2c(c1)n(Cc1ccccc1C)c(=O)c1nc(C(=O)Nc3cccc(C)c3C)nn12. The van der Waals surface area contributed by atoms with Crippen LogP contribution in [0.15, 0.2) is 65.5 Å². The Morgan fingerprint density at radius 1 is 0.912 bits per heavy atom. The molecule has 0 radical (unpaired) electrons. The average molecular weight is 452 g/mol. The Hall–Kier alpha value is -4.26. The van der Waals surface area contributed by atoms with Gasteiger partial charge in [-0.15, -0.1) is 5.10 Å². The molecule has 0 aliphatic rings. The van der Waals surface area contributed by atoms with Gasteiger partial charge in [-0.25, -0.2) is 4.52 Å². The van der Waals surface area contributed by atoms with E-state index in [0.717, 1.165) is 33.3 Å². The van der Waals surface area contributed by atoms with Gasteiger partial charge in [0.1, 0.15) is 0 Å². The van der Waals surface area contributed by atoms with E-state index < -0.39 is 5.91 Å². The number of hydrogen-bond acceptors (Lipinski definition) is 4. The van der Waals surface area contributed by atoms with Crippen molar-refractivity contribution in [1.82, 2.24) is 19.2 Å². The molecular formula is C27H25N5O2. The van der Waals surface area contributed by atoms with Gasteiger partial charge in [0.15, 0.2) is 0 Å². The van der Waals surface area contributed by atoms with Crippen molar-refractivity contribution < 1.29 is 4.79 Å². The van der Waals surface area contributed by atoms with Crippen LogP contribution >= 0.6 is 0 Å². The van der Waals surface area contributed by atoms with Crippen molar-refractivity contribution in [3.8, 4) is 0 Å². The number of rotatable bonds is 4. The van der Waals surface area contributed by atoms with E-state index in [-0.39, 0.29) is 17.0 Å². The number of aromatic nitrogens is 4. The van der Waals surface area contributed by atoms with Gasteiger partial charge in [-0.1, -0.05) is 42.5 Å². The first-order valence-electron chi connectivity index (χ1n) is 11.2. The van der Waals surface area contributed by atoms with Crippen molar-refractivity contribution in [3.05, 3.63) is 105 Å². The highest BCUT2D eigenvalue weighted by molar-refractivity contribution is 6.02. The third-order valence-electron chi connectivity index (χ3n) is 6.34. The first-order chi connectivity index (χ1) is 16.3. The van der Waals surface area contributed by atoms with E-state index in [9.17, 15) is 9.59 Å². The lowest BCUT2D eigenvalue weighted by molar-refractivity contribution is 0.101. The summed E-state index contributed by atoms with van der Waals surface area (Å²) in [6.45, 7) is 8.34. The topological polar surface area (TPSA) is 81.3 Å². The molecule has 0 aliphatic heterocycles. The Kier molecular flexibility index (Phi) is 5.24. The number of anilines is 1. The zero-order valence-electron chi connectivity index (χ0n) is 19.6. The number of nitrogens with zero attached hydrogens (tertiary/aromatic N) is 4. The molecule has 170 valence electrons. The zero-order chi connectivity index (χ0) is 24.0. The molecule has 3 aromatic carbocycles. The highest BCUT2D eigenvalue weighted by atomic mass is 16.2. The third-order valence-corrected chi connectivity index (χ3v) is 6.34. The van der Waals surface area contributed by atoms with Gasteiger partial charge in [0.25, 0.3) is 11.5 Å². The lowest BCUT2D eigenvalue weighted by Crippen LogP contribution is -2.24. The maximum Gasteiger partial charge on any atom is 0.296 e. The molecule has 5 aromatic rings. The second-order valence-electron chi connectivity index (χ2n) is 8.68. The highest BCUT2D eigenvalue weighted by Crippen LogP contribution is 2.20. The lowest BCUT2D eigenvalue weighted by Gasteiger charge is -2.13. The van der Waals surface area contributed by atoms with Gasteiger partial charge in [-0.3, -0.25) is 14.2 Å². The minimum absolute atomic E-state index is 0.0477. The first-order valence-corrected chi connectivity index (χ1v) is 11.2. The van der Waals surface area contributed by atoms with Crippen molar-refractivity contribution in [3.63, 3.8) is 0 Å². The van der Waals surface area contributed by atoms with Gasteiger partial charge in [0, 0.05) is 5.69 Å². The van der Waals surface area contributed by atoms with Crippen LogP contribution in [0.25, 0.3) is 16.7 Å². The Bertz CT molecular complexity index is 1650. The summed E-state index contributed by atoms with van der Waals surface area (Å²) in [7, 11) is 0. The van der Waals surface area contributed by atoms with Gasteiger partial charge in [-0.05, 0) is 73.7 Å². The van der Waals surface area contributed by atoms with Crippen LogP contribution in [0.1, 0.15) is 38.4 Å². The number of nitrogens with one attached hydrogen (secondary N) is 1. The summed E-state index contributed by atoms with van der Waals surface area (Å²) < 4.78 is 3.19. The number of fused-ring (bicyclic) bond motifs is 3. The summed E-state index contributed by atoms with van der Waals surface area (Å²) in [5, 5.41) is 7.31.